The first-order chi connectivity index (χ1) is 13.1. The van der Waals surface area contributed by atoms with Crippen molar-refractivity contribution in [2.24, 2.45) is 0 Å². The van der Waals surface area contributed by atoms with Gasteiger partial charge in [0.2, 0.25) is 5.88 Å². The Labute approximate surface area is 153 Å². The smallest absolute Gasteiger partial charge is 0.364 e. The molecule has 0 radical (unpaired) electrons. The molecule has 1 aromatic heterocycles. The van der Waals surface area contributed by atoms with E-state index in [1.54, 1.807) is 36.4 Å². The number of ether oxygens (including phenoxy) is 1. The van der Waals surface area contributed by atoms with Gasteiger partial charge in [-0.3, -0.25) is 9.59 Å². The van der Waals surface area contributed by atoms with Crippen molar-refractivity contribution in [2.45, 2.75) is 0 Å². The van der Waals surface area contributed by atoms with E-state index in [-0.39, 0.29) is 22.6 Å². The van der Waals surface area contributed by atoms with Crippen LogP contribution in [-0.4, -0.2) is 27.8 Å². The van der Waals surface area contributed by atoms with Crippen LogP contribution in [0.25, 0.3) is 0 Å². The van der Waals surface area contributed by atoms with Crippen LogP contribution in [0.2, 0.25) is 0 Å². The number of nitrogens with zero attached hydrogens (tertiary/aromatic N) is 2. The second-order valence-electron chi connectivity index (χ2n) is 5.63. The van der Waals surface area contributed by atoms with Crippen LogP contribution in [0.1, 0.15) is 31.1 Å². The number of aromatic nitrogens is 1. The number of carbonyl (C=O) groups is 3. The number of benzene rings is 2. The molecule has 0 saturated heterocycles. The number of para-hydroxylation sites is 1. The van der Waals surface area contributed by atoms with Gasteiger partial charge in [-0.05, 0) is 30.3 Å². The van der Waals surface area contributed by atoms with E-state index in [1.807, 2.05) is 6.07 Å². The minimum atomic E-state index is -0.871. The Bertz CT molecular complexity index is 1010. The molecule has 7 heteroatoms. The Kier molecular flexibility index (Phi) is 4.10. The molecular formula is C20H12N2O5. The molecule has 2 heterocycles. The topological polar surface area (TPSA) is 85.8 Å². The van der Waals surface area contributed by atoms with Gasteiger partial charge < -0.3 is 9.57 Å². The van der Waals surface area contributed by atoms with Crippen LogP contribution in [-0.2, 0) is 4.84 Å². The van der Waals surface area contributed by atoms with E-state index in [4.69, 9.17) is 9.57 Å². The average molecular weight is 360 g/mol. The van der Waals surface area contributed by atoms with E-state index >= 15 is 0 Å². The lowest BCUT2D eigenvalue weighted by molar-refractivity contribution is -0.0584. The van der Waals surface area contributed by atoms with Gasteiger partial charge in [0.05, 0.1) is 16.7 Å². The first kappa shape index (κ1) is 16.5. The number of hydrogen-bond donors (Lipinski definition) is 0. The van der Waals surface area contributed by atoms with Gasteiger partial charge in [-0.2, -0.15) is 0 Å². The molecule has 0 atom stereocenters. The van der Waals surface area contributed by atoms with E-state index in [0.717, 1.165) is 0 Å². The molecule has 2 aromatic carbocycles. The molecule has 0 unspecified atom stereocenters. The molecule has 1 aliphatic rings. The molecular weight excluding hydrogens is 348 g/mol. The van der Waals surface area contributed by atoms with Crippen LogP contribution < -0.4 is 4.74 Å². The van der Waals surface area contributed by atoms with Gasteiger partial charge in [-0.1, -0.05) is 35.4 Å². The first-order valence-corrected chi connectivity index (χ1v) is 8.02. The Balaban J connectivity index is 1.52. The van der Waals surface area contributed by atoms with Crippen LogP contribution in [0.5, 0.6) is 11.6 Å². The van der Waals surface area contributed by atoms with Gasteiger partial charge in [0.25, 0.3) is 11.8 Å². The van der Waals surface area contributed by atoms with Crippen LogP contribution >= 0.6 is 0 Å². The van der Waals surface area contributed by atoms with Crippen molar-refractivity contribution < 1.29 is 24.0 Å². The molecule has 0 aliphatic carbocycles. The number of hydroxylamine groups is 2. The fourth-order valence-corrected chi connectivity index (χ4v) is 2.59. The summed E-state index contributed by atoms with van der Waals surface area (Å²) in [6.45, 7) is 0. The zero-order valence-electron chi connectivity index (χ0n) is 13.9. The molecule has 0 fully saturated rings. The van der Waals surface area contributed by atoms with E-state index in [9.17, 15) is 14.4 Å². The summed E-state index contributed by atoms with van der Waals surface area (Å²) >= 11 is 0. The Hall–Kier alpha value is -4.00. The average Bonchev–Trinajstić information content (AvgIpc) is 2.94. The maximum Gasteiger partial charge on any atom is 0.364 e. The van der Waals surface area contributed by atoms with Gasteiger partial charge in [0, 0.05) is 12.3 Å². The van der Waals surface area contributed by atoms with Crippen LogP contribution in [0.3, 0.4) is 0 Å². The number of imide groups is 1. The lowest BCUT2D eigenvalue weighted by Gasteiger charge is -2.13. The van der Waals surface area contributed by atoms with Crippen molar-refractivity contribution in [1.29, 1.82) is 0 Å². The highest BCUT2D eigenvalue weighted by Gasteiger charge is 2.38. The number of pyridine rings is 1. The predicted octanol–water partition coefficient (Wildman–Crippen LogP) is 3.24. The molecule has 132 valence electrons. The van der Waals surface area contributed by atoms with Gasteiger partial charge in [0.15, 0.2) is 0 Å². The van der Waals surface area contributed by atoms with Gasteiger partial charge in [-0.25, -0.2) is 9.78 Å². The largest absolute Gasteiger partial charge is 0.439 e. The summed E-state index contributed by atoms with van der Waals surface area (Å²) in [6, 6.07) is 18.0. The number of rotatable bonds is 4. The van der Waals surface area contributed by atoms with Crippen LogP contribution in [0.4, 0.5) is 0 Å². The molecule has 3 aromatic rings. The van der Waals surface area contributed by atoms with E-state index in [1.165, 1.54) is 30.5 Å². The first-order valence-electron chi connectivity index (χ1n) is 8.02. The highest BCUT2D eigenvalue weighted by molar-refractivity contribution is 6.21. The molecule has 2 amide bonds. The SMILES string of the molecule is O=C(ON1C(=O)c2ccccc2C1=O)c1ccnc(Oc2ccccc2)c1. The summed E-state index contributed by atoms with van der Waals surface area (Å²) in [5.41, 5.74) is 0.476. The quantitative estimate of drug-likeness (QED) is 0.664. The minimum Gasteiger partial charge on any atom is -0.439 e. The Morgan fingerprint density at radius 2 is 1.48 bits per heavy atom. The monoisotopic (exact) mass is 360 g/mol. The van der Waals surface area contributed by atoms with Gasteiger partial charge in [-0.15, -0.1) is 0 Å². The third-order valence-electron chi connectivity index (χ3n) is 3.87. The number of fused-ring (bicyclic) bond motifs is 1. The van der Waals surface area contributed by atoms with Crippen molar-refractivity contribution in [3.8, 4) is 11.6 Å². The lowest BCUT2D eigenvalue weighted by Crippen LogP contribution is -2.32. The molecule has 1 aliphatic heterocycles. The molecule has 4 rings (SSSR count). The van der Waals surface area contributed by atoms with Crippen molar-refractivity contribution in [3.63, 3.8) is 0 Å². The van der Waals surface area contributed by atoms with Crippen molar-refractivity contribution >= 4 is 17.8 Å². The zero-order valence-corrected chi connectivity index (χ0v) is 13.9. The molecule has 0 saturated carbocycles. The minimum absolute atomic E-state index is 0.0903. The summed E-state index contributed by atoms with van der Waals surface area (Å²) in [5, 5.41) is 0.463. The third kappa shape index (κ3) is 3.13. The number of hydrogen-bond acceptors (Lipinski definition) is 6. The van der Waals surface area contributed by atoms with Crippen molar-refractivity contribution in [3.05, 3.63) is 89.6 Å². The second kappa shape index (κ2) is 6.72. The molecule has 7 nitrogen and oxygen atoms in total. The highest BCUT2D eigenvalue weighted by atomic mass is 16.7. The molecule has 27 heavy (non-hydrogen) atoms. The van der Waals surface area contributed by atoms with Crippen molar-refractivity contribution in [1.82, 2.24) is 10.0 Å². The van der Waals surface area contributed by atoms with E-state index in [0.29, 0.717) is 10.8 Å². The lowest BCUT2D eigenvalue weighted by atomic mass is 10.1. The molecule has 0 spiro atoms. The summed E-state index contributed by atoms with van der Waals surface area (Å²) in [5.74, 6) is -1.50. The van der Waals surface area contributed by atoms with E-state index < -0.39 is 17.8 Å². The fourth-order valence-electron chi connectivity index (χ4n) is 2.59. The standard InChI is InChI=1S/C20H12N2O5/c23-18-15-8-4-5-9-16(15)19(24)22(18)27-20(25)13-10-11-21-17(12-13)26-14-6-2-1-3-7-14/h1-12H. The summed E-state index contributed by atoms with van der Waals surface area (Å²) in [7, 11) is 0. The van der Waals surface area contributed by atoms with Crippen LogP contribution in [0, 0.1) is 0 Å². The fraction of sp³-hybridized carbons (Fsp3) is 0. The maximum atomic E-state index is 12.4. The van der Waals surface area contributed by atoms with Gasteiger partial charge >= 0.3 is 5.97 Å². The van der Waals surface area contributed by atoms with Crippen LogP contribution in [0.15, 0.2) is 72.9 Å². The normalized spacial score (nSPS) is 12.7. The molecule has 0 N–H and O–H groups in total. The summed E-state index contributed by atoms with van der Waals surface area (Å²) in [4.78, 5) is 46.0. The summed E-state index contributed by atoms with van der Waals surface area (Å²) in [6.07, 6.45) is 1.37. The van der Waals surface area contributed by atoms with Gasteiger partial charge in [0.1, 0.15) is 5.75 Å². The summed E-state index contributed by atoms with van der Waals surface area (Å²) < 4.78 is 5.57. The number of amides is 2. The predicted molar refractivity (Wildman–Crippen MR) is 93.1 cm³/mol. The van der Waals surface area contributed by atoms with E-state index in [2.05, 4.69) is 4.98 Å². The van der Waals surface area contributed by atoms with Crippen molar-refractivity contribution in [2.75, 3.05) is 0 Å². The Morgan fingerprint density at radius 3 is 2.15 bits per heavy atom. The molecule has 0 bridgehead atoms. The highest BCUT2D eigenvalue weighted by Crippen LogP contribution is 2.24. The second-order valence-corrected chi connectivity index (χ2v) is 5.63. The maximum absolute atomic E-state index is 12.4. The number of carbonyl (C=O) groups excluding carboxylic acids is 3. The Morgan fingerprint density at radius 1 is 0.852 bits per heavy atom. The zero-order chi connectivity index (χ0) is 18.8. The third-order valence-corrected chi connectivity index (χ3v) is 3.87.